The molecule has 4 nitrogen and oxygen atoms in total. The molecule has 0 atom stereocenters. The van der Waals surface area contributed by atoms with Crippen LogP contribution in [0.2, 0.25) is 0 Å². The zero-order chi connectivity index (χ0) is 17.5. The lowest BCUT2D eigenvalue weighted by Crippen LogP contribution is -2.47. The van der Waals surface area contributed by atoms with Gasteiger partial charge in [0.2, 0.25) is 0 Å². The first-order valence-electron chi connectivity index (χ1n) is 10.1. The van der Waals surface area contributed by atoms with Crippen LogP contribution in [0.4, 0.5) is 0 Å². The summed E-state index contributed by atoms with van der Waals surface area (Å²) in [6.07, 6.45) is 9.97. The van der Waals surface area contributed by atoms with Crippen LogP contribution in [0.15, 0.2) is 12.1 Å². The van der Waals surface area contributed by atoms with Gasteiger partial charge in [-0.05, 0) is 70.0 Å². The number of hydrogen-bond donors (Lipinski definition) is 0. The third-order valence-electron chi connectivity index (χ3n) is 5.55. The van der Waals surface area contributed by atoms with Crippen molar-refractivity contribution < 1.29 is 4.79 Å². The van der Waals surface area contributed by atoms with E-state index in [1.165, 1.54) is 68.4 Å². The Hall–Kier alpha value is -1.26. The summed E-state index contributed by atoms with van der Waals surface area (Å²) >= 11 is 0. The quantitative estimate of drug-likeness (QED) is 0.680. The second kappa shape index (κ2) is 9.44. The predicted molar refractivity (Wildman–Crippen MR) is 102 cm³/mol. The van der Waals surface area contributed by atoms with E-state index in [9.17, 15) is 4.79 Å². The number of rotatable bonds is 8. The molecule has 0 amide bonds. The molecule has 2 aliphatic rings. The normalized spacial score (nSPS) is 18.9. The van der Waals surface area contributed by atoms with Gasteiger partial charge in [-0.15, -0.1) is 0 Å². The Bertz CT molecular complexity index is 564. The molecule has 0 unspecified atom stereocenters. The highest BCUT2D eigenvalue weighted by Crippen LogP contribution is 2.20. The molecule has 2 heterocycles. The molecule has 0 radical (unpaired) electrons. The van der Waals surface area contributed by atoms with Gasteiger partial charge < -0.3 is 4.90 Å². The number of pyridine rings is 1. The van der Waals surface area contributed by atoms with E-state index in [-0.39, 0.29) is 5.78 Å². The fraction of sp³-hybridized carbons (Fsp3) is 0.714. The van der Waals surface area contributed by atoms with Crippen LogP contribution in [0.1, 0.15) is 56.0 Å². The van der Waals surface area contributed by atoms with Gasteiger partial charge in [0.25, 0.3) is 0 Å². The van der Waals surface area contributed by atoms with Crippen molar-refractivity contribution in [3.8, 4) is 0 Å². The second-order valence-electron chi connectivity index (χ2n) is 7.75. The number of aryl methyl sites for hydroxylation is 3. The van der Waals surface area contributed by atoms with E-state index in [1.54, 1.807) is 6.92 Å². The third kappa shape index (κ3) is 5.89. The molecule has 3 rings (SSSR count). The van der Waals surface area contributed by atoms with E-state index >= 15 is 0 Å². The van der Waals surface area contributed by atoms with Crippen LogP contribution in [-0.4, -0.2) is 59.8 Å². The van der Waals surface area contributed by atoms with Gasteiger partial charge in [-0.2, -0.15) is 0 Å². The fourth-order valence-corrected chi connectivity index (χ4v) is 4.07. The third-order valence-corrected chi connectivity index (χ3v) is 5.55. The lowest BCUT2D eigenvalue weighted by atomic mass is 9.95. The minimum Gasteiger partial charge on any atom is -0.301 e. The van der Waals surface area contributed by atoms with E-state index in [4.69, 9.17) is 4.98 Å². The number of hydrogen-bond acceptors (Lipinski definition) is 4. The smallest absolute Gasteiger partial charge is 0.143 e. The van der Waals surface area contributed by atoms with Gasteiger partial charge in [0.05, 0.1) is 6.54 Å². The van der Waals surface area contributed by atoms with E-state index < -0.39 is 0 Å². The first-order chi connectivity index (χ1) is 12.2. The predicted octanol–water partition coefficient (Wildman–Crippen LogP) is 2.88. The molecule has 1 aromatic heterocycles. The zero-order valence-electron chi connectivity index (χ0n) is 15.8. The minimum absolute atomic E-state index is 0.282. The molecule has 4 heteroatoms. The maximum atomic E-state index is 11.2. The molecule has 1 fully saturated rings. The Morgan fingerprint density at radius 2 is 1.76 bits per heavy atom. The highest BCUT2D eigenvalue weighted by molar-refractivity contribution is 5.77. The summed E-state index contributed by atoms with van der Waals surface area (Å²) in [5.41, 5.74) is 4.14. The van der Waals surface area contributed by atoms with Crippen molar-refractivity contribution in [1.82, 2.24) is 14.8 Å². The Balaban J connectivity index is 1.29. The van der Waals surface area contributed by atoms with E-state index in [1.807, 2.05) is 0 Å². The molecule has 138 valence electrons. The molecule has 1 aliphatic carbocycles. The van der Waals surface area contributed by atoms with Crippen molar-refractivity contribution in [1.29, 1.82) is 0 Å². The lowest BCUT2D eigenvalue weighted by Gasteiger charge is -2.34. The summed E-state index contributed by atoms with van der Waals surface area (Å²) in [5.74, 6) is 0.282. The number of unbranched alkanes of at least 4 members (excludes halogenated alkanes) is 2. The first-order valence-corrected chi connectivity index (χ1v) is 10.1. The summed E-state index contributed by atoms with van der Waals surface area (Å²) in [6, 6.07) is 4.57. The van der Waals surface area contributed by atoms with Gasteiger partial charge in [0.1, 0.15) is 5.78 Å². The molecule has 25 heavy (non-hydrogen) atoms. The molecule has 0 spiro atoms. The monoisotopic (exact) mass is 343 g/mol. The summed E-state index contributed by atoms with van der Waals surface area (Å²) in [7, 11) is 0. The Morgan fingerprint density at radius 1 is 1.00 bits per heavy atom. The molecule has 1 aromatic rings. The largest absolute Gasteiger partial charge is 0.301 e. The van der Waals surface area contributed by atoms with Crippen LogP contribution in [0.5, 0.6) is 0 Å². The van der Waals surface area contributed by atoms with Crippen molar-refractivity contribution in [2.24, 2.45) is 0 Å². The highest BCUT2D eigenvalue weighted by atomic mass is 16.1. The molecule has 0 saturated carbocycles. The number of carbonyl (C=O) groups is 1. The summed E-state index contributed by atoms with van der Waals surface area (Å²) in [6.45, 7) is 7.81. The van der Waals surface area contributed by atoms with E-state index in [2.05, 4.69) is 21.9 Å². The van der Waals surface area contributed by atoms with Gasteiger partial charge in [-0.3, -0.25) is 14.7 Å². The summed E-state index contributed by atoms with van der Waals surface area (Å²) in [4.78, 5) is 20.9. The molecule has 0 aromatic carbocycles. The minimum atomic E-state index is 0.282. The highest BCUT2D eigenvalue weighted by Gasteiger charge is 2.17. The molecule has 0 bridgehead atoms. The molecule has 1 aliphatic heterocycles. The van der Waals surface area contributed by atoms with Crippen LogP contribution in [0.25, 0.3) is 0 Å². The Morgan fingerprint density at radius 3 is 2.56 bits per heavy atom. The lowest BCUT2D eigenvalue weighted by molar-refractivity contribution is -0.118. The number of aromatic nitrogens is 1. The van der Waals surface area contributed by atoms with Crippen LogP contribution >= 0.6 is 0 Å². The van der Waals surface area contributed by atoms with E-state index in [0.717, 1.165) is 32.6 Å². The Kier molecular flexibility index (Phi) is 7.00. The molecular weight excluding hydrogens is 310 g/mol. The van der Waals surface area contributed by atoms with Gasteiger partial charge in [-0.25, -0.2) is 0 Å². The van der Waals surface area contributed by atoms with Gasteiger partial charge in [0.15, 0.2) is 0 Å². The van der Waals surface area contributed by atoms with E-state index in [0.29, 0.717) is 6.54 Å². The molecular formula is C21H33N3O. The number of nitrogens with zero attached hydrogens (tertiary/aromatic N) is 3. The molecule has 1 saturated heterocycles. The number of fused-ring (bicyclic) bond motifs is 1. The number of ketones is 1. The Labute approximate surface area is 152 Å². The van der Waals surface area contributed by atoms with Crippen molar-refractivity contribution in [2.75, 3.05) is 39.3 Å². The number of carbonyl (C=O) groups excluding carboxylic acids is 1. The van der Waals surface area contributed by atoms with Crippen molar-refractivity contribution in [2.45, 2.75) is 58.3 Å². The zero-order valence-corrected chi connectivity index (χ0v) is 15.8. The second-order valence-corrected chi connectivity index (χ2v) is 7.75. The summed E-state index contributed by atoms with van der Waals surface area (Å²) in [5, 5.41) is 0. The van der Waals surface area contributed by atoms with Crippen molar-refractivity contribution in [3.63, 3.8) is 0 Å². The van der Waals surface area contributed by atoms with Gasteiger partial charge >= 0.3 is 0 Å². The average Bonchev–Trinajstić information content (AvgIpc) is 2.62. The van der Waals surface area contributed by atoms with Gasteiger partial charge in [-0.1, -0.05) is 12.5 Å². The average molecular weight is 344 g/mol. The van der Waals surface area contributed by atoms with Crippen molar-refractivity contribution >= 4 is 5.78 Å². The van der Waals surface area contributed by atoms with Crippen LogP contribution in [0.3, 0.4) is 0 Å². The standard InChI is InChI=1S/C21H33N3O/c1-18(25)17-24-15-13-23(14-16-24)12-6-2-3-8-20-11-10-19-7-4-5-9-21(19)22-20/h10-11H,2-9,12-17H2,1H3. The maximum absolute atomic E-state index is 11.2. The fourth-order valence-electron chi connectivity index (χ4n) is 4.07. The van der Waals surface area contributed by atoms with Crippen LogP contribution in [0, 0.1) is 0 Å². The van der Waals surface area contributed by atoms with Crippen LogP contribution < -0.4 is 0 Å². The maximum Gasteiger partial charge on any atom is 0.143 e. The summed E-state index contributed by atoms with van der Waals surface area (Å²) < 4.78 is 0. The number of piperazine rings is 1. The first kappa shape index (κ1) is 18.5. The number of Topliss-reactive ketones (excluding diaryl/α,β-unsaturated/α-hetero) is 1. The van der Waals surface area contributed by atoms with Crippen LogP contribution in [-0.2, 0) is 24.1 Å². The topological polar surface area (TPSA) is 36.4 Å². The molecule has 0 N–H and O–H groups in total. The van der Waals surface area contributed by atoms with Crippen molar-refractivity contribution in [3.05, 3.63) is 29.1 Å². The van der Waals surface area contributed by atoms with Gasteiger partial charge in [0, 0.05) is 37.6 Å². The SMILES string of the molecule is CC(=O)CN1CCN(CCCCCc2ccc3c(n2)CCCC3)CC1.